The van der Waals surface area contributed by atoms with Crippen molar-refractivity contribution in [2.24, 2.45) is 22.7 Å². The Morgan fingerprint density at radius 3 is 1.77 bits per heavy atom. The van der Waals surface area contributed by atoms with Gasteiger partial charge in [-0.3, -0.25) is 0 Å². The molecule has 5 aliphatic rings. The first-order valence-electron chi connectivity index (χ1n) is 19.3. The number of allylic oxidation sites excluding steroid dienone is 1. The first-order valence-corrected chi connectivity index (χ1v) is 19.3. The van der Waals surface area contributed by atoms with Gasteiger partial charge in [0.25, 0.3) is 0 Å². The summed E-state index contributed by atoms with van der Waals surface area (Å²) < 4.78 is 37.1. The van der Waals surface area contributed by atoms with Gasteiger partial charge in [0.2, 0.25) is 0 Å². The maximum atomic E-state index is 11.5. The maximum Gasteiger partial charge on any atom is 0.187 e. The number of hydrogen-bond donors (Lipinski definition) is 8. The minimum Gasteiger partial charge on any atom is -0.392 e. The first kappa shape index (κ1) is 42.3. The van der Waals surface area contributed by atoms with Gasteiger partial charge in [-0.2, -0.15) is 0 Å². The third kappa shape index (κ3) is 7.65. The molecule has 0 radical (unpaired) electrons. The molecule has 3 aliphatic heterocycles. The third-order valence-corrected chi connectivity index (χ3v) is 14.0. The van der Waals surface area contributed by atoms with Crippen molar-refractivity contribution in [3.63, 3.8) is 0 Å². The van der Waals surface area contributed by atoms with Crippen LogP contribution in [0.1, 0.15) is 101 Å². The second-order valence-corrected chi connectivity index (χ2v) is 17.1. The van der Waals surface area contributed by atoms with Crippen LogP contribution in [-0.4, -0.2) is 145 Å². The highest BCUT2D eigenvalue weighted by atomic mass is 16.8. The SMILES string of the molecule is CC[C@@](C)(CC[C@@]1(C)[C@@H](C)C[C@H](O)[C@]2(C)C(C)=CCC[C@@H]12)O[C@@H]1O[C@@H](C)[C@H](O)[C@@H](O[C@@H]2O[C@@H](C)[C@H](O)[C@@H](O)[C@H]2O)[C@H]1O[C@@H]1O[C@@H](C)[C@@H](O)[C@@H](O)[C@@H]1O. The van der Waals surface area contributed by atoms with Crippen molar-refractivity contribution < 1.29 is 69.3 Å². The Bertz CT molecular complexity index is 1240. The first-order chi connectivity index (χ1) is 24.2. The van der Waals surface area contributed by atoms with Gasteiger partial charge in [-0.15, -0.1) is 0 Å². The molecule has 3 saturated heterocycles. The van der Waals surface area contributed by atoms with Gasteiger partial charge in [0.05, 0.1) is 30.0 Å². The normalized spacial score (nSPS) is 52.8. The monoisotopic (exact) mass is 746 g/mol. The summed E-state index contributed by atoms with van der Waals surface area (Å²) >= 11 is 0. The van der Waals surface area contributed by atoms with Crippen LogP contribution in [0.2, 0.25) is 0 Å². The average molecular weight is 747 g/mol. The van der Waals surface area contributed by atoms with Crippen LogP contribution in [0.5, 0.6) is 0 Å². The largest absolute Gasteiger partial charge is 0.392 e. The highest BCUT2D eigenvalue weighted by molar-refractivity contribution is 5.23. The molecule has 0 aromatic carbocycles. The molecular weight excluding hydrogens is 680 g/mol. The van der Waals surface area contributed by atoms with Gasteiger partial charge >= 0.3 is 0 Å². The van der Waals surface area contributed by atoms with Crippen LogP contribution in [0.25, 0.3) is 0 Å². The minimum atomic E-state index is -1.69. The Kier molecular flexibility index (Phi) is 13.0. The number of aliphatic hydroxyl groups is 8. The second kappa shape index (κ2) is 16.0. The lowest BCUT2D eigenvalue weighted by atomic mass is 9.46. The number of aliphatic hydroxyl groups excluding tert-OH is 8. The molecule has 0 unspecified atom stereocenters. The van der Waals surface area contributed by atoms with Gasteiger partial charge in [-0.1, -0.05) is 39.3 Å². The zero-order valence-electron chi connectivity index (χ0n) is 32.2. The molecule has 52 heavy (non-hydrogen) atoms. The van der Waals surface area contributed by atoms with E-state index in [0.29, 0.717) is 19.3 Å². The lowest BCUT2D eigenvalue weighted by Crippen LogP contribution is -2.66. The summed E-state index contributed by atoms with van der Waals surface area (Å²) in [6, 6.07) is 0. The fraction of sp³-hybridized carbons (Fsp3) is 0.947. The zero-order chi connectivity index (χ0) is 38.7. The molecule has 21 atom stereocenters. The molecule has 4 fully saturated rings. The molecule has 0 aromatic heterocycles. The number of fused-ring (bicyclic) bond motifs is 1. The van der Waals surface area contributed by atoms with Crippen LogP contribution in [0.3, 0.4) is 0 Å². The van der Waals surface area contributed by atoms with Crippen molar-refractivity contribution in [3.8, 4) is 0 Å². The molecule has 5 rings (SSSR count). The van der Waals surface area contributed by atoms with E-state index in [1.54, 1.807) is 6.92 Å². The van der Waals surface area contributed by atoms with E-state index < -0.39 is 104 Å². The van der Waals surface area contributed by atoms with Gasteiger partial charge in [0, 0.05) is 5.41 Å². The van der Waals surface area contributed by atoms with E-state index in [9.17, 15) is 40.9 Å². The molecule has 0 spiro atoms. The standard InChI is InChI=1S/C38H66O14/c1-10-36(7,14-15-37(8)18(3)16-23(39)38(9)17(2)12-11-13-22(37)38)52-35-32(51-34-30(46)28(44)25(41)20(5)48-34)31(26(42)21(6)49-35)50-33-29(45)27(43)24(40)19(4)47-33/h12,18-35,39-46H,10-11,13-16H2,1-9H3/t18-,19-,20-,21-,22-,23-,24-,25+,26-,27+,28+,29+,30-,31+,32+,33-,34-,35-,36-,37-,38+/m0/s1. The molecule has 14 nitrogen and oxygen atoms in total. The van der Waals surface area contributed by atoms with Gasteiger partial charge in [0.15, 0.2) is 18.9 Å². The predicted molar refractivity (Wildman–Crippen MR) is 186 cm³/mol. The lowest BCUT2D eigenvalue weighted by molar-refractivity contribution is -0.395. The van der Waals surface area contributed by atoms with Crippen LogP contribution in [0.15, 0.2) is 11.6 Å². The molecule has 1 saturated carbocycles. The summed E-state index contributed by atoms with van der Waals surface area (Å²) in [7, 11) is 0. The fourth-order valence-electron chi connectivity index (χ4n) is 9.46. The van der Waals surface area contributed by atoms with E-state index in [1.807, 2.05) is 13.8 Å². The maximum absolute atomic E-state index is 11.5. The van der Waals surface area contributed by atoms with Crippen LogP contribution >= 0.6 is 0 Å². The fourth-order valence-corrected chi connectivity index (χ4v) is 9.46. The van der Waals surface area contributed by atoms with Crippen molar-refractivity contribution in [2.45, 2.75) is 205 Å². The summed E-state index contributed by atoms with van der Waals surface area (Å²) in [5, 5.41) is 86.3. The summed E-state index contributed by atoms with van der Waals surface area (Å²) in [5.41, 5.74) is -0.0160. The van der Waals surface area contributed by atoms with Crippen LogP contribution in [0, 0.1) is 22.7 Å². The van der Waals surface area contributed by atoms with Crippen molar-refractivity contribution in [1.29, 1.82) is 0 Å². The van der Waals surface area contributed by atoms with Crippen LogP contribution in [0.4, 0.5) is 0 Å². The molecule has 302 valence electrons. The van der Waals surface area contributed by atoms with Crippen LogP contribution in [-0.2, 0) is 28.4 Å². The Hall–Kier alpha value is -0.820. The van der Waals surface area contributed by atoms with E-state index in [-0.39, 0.29) is 22.7 Å². The molecule has 2 aliphatic carbocycles. The van der Waals surface area contributed by atoms with Gasteiger partial charge < -0.3 is 69.3 Å². The molecule has 0 bridgehead atoms. The molecule has 0 amide bonds. The van der Waals surface area contributed by atoms with E-state index in [4.69, 9.17) is 28.4 Å². The van der Waals surface area contributed by atoms with Gasteiger partial charge in [0.1, 0.15) is 54.9 Å². The lowest BCUT2D eigenvalue weighted by Gasteiger charge is -2.60. The van der Waals surface area contributed by atoms with Gasteiger partial charge in [-0.05, 0) is 90.4 Å². The molecule has 3 heterocycles. The average Bonchev–Trinajstić information content (AvgIpc) is 3.10. The number of rotatable bonds is 10. The van der Waals surface area contributed by atoms with Crippen molar-refractivity contribution in [3.05, 3.63) is 11.6 Å². The zero-order valence-corrected chi connectivity index (χ0v) is 32.2. The van der Waals surface area contributed by atoms with Crippen molar-refractivity contribution >= 4 is 0 Å². The quantitative estimate of drug-likeness (QED) is 0.148. The van der Waals surface area contributed by atoms with Gasteiger partial charge in [-0.25, -0.2) is 0 Å². The smallest absolute Gasteiger partial charge is 0.187 e. The molecule has 8 N–H and O–H groups in total. The second-order valence-electron chi connectivity index (χ2n) is 17.1. The van der Waals surface area contributed by atoms with Crippen LogP contribution < -0.4 is 0 Å². The highest BCUT2D eigenvalue weighted by Crippen LogP contribution is 2.62. The van der Waals surface area contributed by atoms with E-state index in [1.165, 1.54) is 19.4 Å². The van der Waals surface area contributed by atoms with E-state index in [0.717, 1.165) is 19.3 Å². The van der Waals surface area contributed by atoms with Crippen molar-refractivity contribution in [2.75, 3.05) is 0 Å². The topological polar surface area (TPSA) is 217 Å². The molecule has 0 aromatic rings. The summed E-state index contributed by atoms with van der Waals surface area (Å²) in [4.78, 5) is 0. The summed E-state index contributed by atoms with van der Waals surface area (Å²) in [5.74, 6) is 0.501. The molecule has 14 heteroatoms. The Morgan fingerprint density at radius 1 is 0.731 bits per heavy atom. The van der Waals surface area contributed by atoms with Crippen molar-refractivity contribution in [1.82, 2.24) is 0 Å². The summed E-state index contributed by atoms with van der Waals surface area (Å²) in [6.07, 6.45) is -14.0. The Morgan fingerprint density at radius 2 is 1.23 bits per heavy atom. The molecular formula is C38H66O14. The Balaban J connectivity index is 1.43. The van der Waals surface area contributed by atoms with E-state index >= 15 is 0 Å². The number of hydrogen-bond acceptors (Lipinski definition) is 14. The highest BCUT2D eigenvalue weighted by Gasteiger charge is 2.58. The Labute approximate surface area is 308 Å². The summed E-state index contributed by atoms with van der Waals surface area (Å²) in [6.45, 7) is 17.5. The predicted octanol–water partition coefficient (Wildman–Crippen LogP) is 1.25. The number of ether oxygens (including phenoxy) is 6. The third-order valence-electron chi connectivity index (χ3n) is 14.0. The minimum absolute atomic E-state index is 0.120. The van der Waals surface area contributed by atoms with E-state index in [2.05, 4.69) is 33.8 Å².